The lowest BCUT2D eigenvalue weighted by Crippen LogP contribution is -2.27. The first-order valence-corrected chi connectivity index (χ1v) is 12.7. The third-order valence-electron chi connectivity index (χ3n) is 5.81. The molecule has 1 atom stereocenters. The molecule has 0 fully saturated rings. The number of aliphatic hydroxyl groups is 1. The molecular formula is C25H51NO3. The SMILES string of the molecule is CCCCC(CC)C(=O)OCCCCCCCCCN(CCCC)CCCCO. The Morgan fingerprint density at radius 2 is 1.31 bits per heavy atom. The van der Waals surface area contributed by atoms with Crippen molar-refractivity contribution in [2.24, 2.45) is 5.92 Å². The lowest BCUT2D eigenvalue weighted by molar-refractivity contribution is -0.149. The van der Waals surface area contributed by atoms with Gasteiger partial charge < -0.3 is 14.7 Å². The number of nitrogens with zero attached hydrogens (tertiary/aromatic N) is 1. The van der Waals surface area contributed by atoms with Crippen LogP contribution in [-0.2, 0) is 9.53 Å². The van der Waals surface area contributed by atoms with Gasteiger partial charge in [0.05, 0.1) is 12.5 Å². The van der Waals surface area contributed by atoms with Gasteiger partial charge in [-0.15, -0.1) is 0 Å². The summed E-state index contributed by atoms with van der Waals surface area (Å²) in [4.78, 5) is 14.6. The fraction of sp³-hybridized carbons (Fsp3) is 0.960. The van der Waals surface area contributed by atoms with E-state index < -0.39 is 0 Å². The first-order chi connectivity index (χ1) is 14.2. The molecule has 0 aliphatic carbocycles. The monoisotopic (exact) mass is 413 g/mol. The van der Waals surface area contributed by atoms with E-state index in [9.17, 15) is 4.79 Å². The van der Waals surface area contributed by atoms with E-state index >= 15 is 0 Å². The van der Waals surface area contributed by atoms with Crippen LogP contribution in [0.2, 0.25) is 0 Å². The van der Waals surface area contributed by atoms with E-state index in [1.54, 1.807) is 0 Å². The summed E-state index contributed by atoms with van der Waals surface area (Å²) in [6.07, 6.45) is 17.3. The average molecular weight is 414 g/mol. The largest absolute Gasteiger partial charge is 0.465 e. The van der Waals surface area contributed by atoms with Gasteiger partial charge in [0.2, 0.25) is 0 Å². The van der Waals surface area contributed by atoms with Crippen molar-refractivity contribution in [1.82, 2.24) is 4.90 Å². The summed E-state index contributed by atoms with van der Waals surface area (Å²) in [6.45, 7) is 11.0. The van der Waals surface area contributed by atoms with Crippen LogP contribution < -0.4 is 0 Å². The standard InChI is InChI=1S/C25H51NO3/c1-4-7-18-24(6-3)25(28)29-23-17-13-11-9-10-12-14-20-26(19-8-5-2)21-15-16-22-27/h24,27H,4-23H2,1-3H3. The molecule has 0 amide bonds. The number of hydrogen-bond donors (Lipinski definition) is 1. The zero-order chi connectivity index (χ0) is 21.6. The van der Waals surface area contributed by atoms with Crippen molar-refractivity contribution in [2.75, 3.05) is 32.8 Å². The Labute approximate surface area is 181 Å². The molecular weight excluding hydrogens is 362 g/mol. The fourth-order valence-electron chi connectivity index (χ4n) is 3.72. The molecule has 0 bridgehead atoms. The van der Waals surface area contributed by atoms with E-state index in [4.69, 9.17) is 9.84 Å². The molecule has 1 N–H and O–H groups in total. The van der Waals surface area contributed by atoms with Gasteiger partial charge in [0.15, 0.2) is 0 Å². The summed E-state index contributed by atoms with van der Waals surface area (Å²) in [5.74, 6) is 0.128. The normalized spacial score (nSPS) is 12.4. The molecule has 0 saturated carbocycles. The maximum Gasteiger partial charge on any atom is 0.308 e. The number of aliphatic hydroxyl groups excluding tert-OH is 1. The van der Waals surface area contributed by atoms with Crippen molar-refractivity contribution in [1.29, 1.82) is 0 Å². The van der Waals surface area contributed by atoms with Crippen LogP contribution in [0, 0.1) is 5.92 Å². The number of carbonyl (C=O) groups excluding carboxylic acids is 1. The zero-order valence-electron chi connectivity index (χ0n) is 19.9. The molecule has 0 rings (SSSR count). The molecule has 4 nitrogen and oxygen atoms in total. The minimum atomic E-state index is 0.0209. The number of rotatable bonds is 22. The summed E-state index contributed by atoms with van der Waals surface area (Å²) in [5, 5.41) is 8.96. The molecule has 0 radical (unpaired) electrons. The Balaban J connectivity index is 3.59. The van der Waals surface area contributed by atoms with E-state index in [2.05, 4.69) is 25.7 Å². The Morgan fingerprint density at radius 3 is 1.90 bits per heavy atom. The summed E-state index contributed by atoms with van der Waals surface area (Å²) in [6, 6.07) is 0. The zero-order valence-corrected chi connectivity index (χ0v) is 19.9. The van der Waals surface area contributed by atoms with Crippen molar-refractivity contribution in [3.05, 3.63) is 0 Å². The van der Waals surface area contributed by atoms with Crippen LogP contribution in [0.1, 0.15) is 117 Å². The minimum Gasteiger partial charge on any atom is -0.465 e. The van der Waals surface area contributed by atoms with Crippen LogP contribution in [0.4, 0.5) is 0 Å². The van der Waals surface area contributed by atoms with Crippen LogP contribution in [0.15, 0.2) is 0 Å². The second kappa shape index (κ2) is 22.1. The lowest BCUT2D eigenvalue weighted by Gasteiger charge is -2.22. The molecule has 0 aromatic rings. The number of ether oxygens (including phenoxy) is 1. The molecule has 0 heterocycles. The number of hydrogen-bond acceptors (Lipinski definition) is 4. The van der Waals surface area contributed by atoms with Crippen LogP contribution in [0.3, 0.4) is 0 Å². The first-order valence-electron chi connectivity index (χ1n) is 12.7. The smallest absolute Gasteiger partial charge is 0.308 e. The highest BCUT2D eigenvalue weighted by Gasteiger charge is 2.16. The summed E-state index contributed by atoms with van der Waals surface area (Å²) >= 11 is 0. The van der Waals surface area contributed by atoms with E-state index in [0.717, 1.165) is 51.5 Å². The van der Waals surface area contributed by atoms with Gasteiger partial charge in [-0.25, -0.2) is 0 Å². The number of carbonyl (C=O) groups is 1. The van der Waals surface area contributed by atoms with E-state index in [-0.39, 0.29) is 11.9 Å². The molecule has 1 unspecified atom stereocenters. The fourth-order valence-corrected chi connectivity index (χ4v) is 3.72. The van der Waals surface area contributed by atoms with Gasteiger partial charge in [0, 0.05) is 6.61 Å². The molecule has 0 aliphatic rings. The summed E-state index contributed by atoms with van der Waals surface area (Å²) in [5.41, 5.74) is 0. The predicted octanol–water partition coefficient (Wildman–Crippen LogP) is 6.35. The molecule has 174 valence electrons. The van der Waals surface area contributed by atoms with Gasteiger partial charge in [-0.1, -0.05) is 72.1 Å². The van der Waals surface area contributed by atoms with Gasteiger partial charge in [-0.2, -0.15) is 0 Å². The highest BCUT2D eigenvalue weighted by molar-refractivity contribution is 5.72. The second-order valence-electron chi connectivity index (χ2n) is 8.52. The molecule has 4 heteroatoms. The van der Waals surface area contributed by atoms with Crippen LogP contribution in [-0.4, -0.2) is 48.8 Å². The average Bonchev–Trinajstić information content (AvgIpc) is 2.73. The molecule has 29 heavy (non-hydrogen) atoms. The van der Waals surface area contributed by atoms with Crippen molar-refractivity contribution in [2.45, 2.75) is 117 Å². The molecule has 0 spiro atoms. The Morgan fingerprint density at radius 1 is 0.759 bits per heavy atom. The molecule has 0 aliphatic heterocycles. The van der Waals surface area contributed by atoms with E-state index in [0.29, 0.717) is 13.2 Å². The van der Waals surface area contributed by atoms with E-state index in [1.807, 2.05) is 0 Å². The maximum absolute atomic E-state index is 12.1. The lowest BCUT2D eigenvalue weighted by atomic mass is 10.00. The summed E-state index contributed by atoms with van der Waals surface area (Å²) < 4.78 is 5.48. The number of unbranched alkanes of at least 4 members (excludes halogenated alkanes) is 9. The van der Waals surface area contributed by atoms with Crippen molar-refractivity contribution in [3.63, 3.8) is 0 Å². The first kappa shape index (κ1) is 28.4. The molecule has 0 aromatic carbocycles. The highest BCUT2D eigenvalue weighted by Crippen LogP contribution is 2.15. The van der Waals surface area contributed by atoms with Crippen LogP contribution in [0.5, 0.6) is 0 Å². The van der Waals surface area contributed by atoms with Gasteiger partial charge in [-0.3, -0.25) is 4.79 Å². The third-order valence-corrected chi connectivity index (χ3v) is 5.81. The van der Waals surface area contributed by atoms with Crippen molar-refractivity contribution in [3.8, 4) is 0 Å². The predicted molar refractivity (Wildman–Crippen MR) is 124 cm³/mol. The topological polar surface area (TPSA) is 49.8 Å². The van der Waals surface area contributed by atoms with Gasteiger partial charge >= 0.3 is 5.97 Å². The number of esters is 1. The molecule has 0 saturated heterocycles. The van der Waals surface area contributed by atoms with Crippen LogP contribution >= 0.6 is 0 Å². The maximum atomic E-state index is 12.1. The third kappa shape index (κ3) is 17.9. The van der Waals surface area contributed by atoms with Gasteiger partial charge in [0.1, 0.15) is 0 Å². The van der Waals surface area contributed by atoms with E-state index in [1.165, 1.54) is 64.5 Å². The van der Waals surface area contributed by atoms with Gasteiger partial charge in [-0.05, 0) is 64.6 Å². The summed E-state index contributed by atoms with van der Waals surface area (Å²) in [7, 11) is 0. The second-order valence-corrected chi connectivity index (χ2v) is 8.52. The van der Waals surface area contributed by atoms with Crippen LogP contribution in [0.25, 0.3) is 0 Å². The minimum absolute atomic E-state index is 0.0209. The van der Waals surface area contributed by atoms with Crippen molar-refractivity contribution >= 4 is 5.97 Å². The quantitative estimate of drug-likeness (QED) is 0.166. The molecule has 0 aromatic heterocycles. The Kier molecular flexibility index (Phi) is 21.6. The Hall–Kier alpha value is -0.610. The van der Waals surface area contributed by atoms with Gasteiger partial charge in [0.25, 0.3) is 0 Å². The van der Waals surface area contributed by atoms with Crippen molar-refractivity contribution < 1.29 is 14.6 Å². The highest BCUT2D eigenvalue weighted by atomic mass is 16.5. The Bertz CT molecular complexity index is 349.